The molecule has 0 bridgehead atoms. The van der Waals surface area contributed by atoms with E-state index >= 15 is 0 Å². The van der Waals surface area contributed by atoms with Crippen LogP contribution in [-0.4, -0.2) is 21.6 Å². The van der Waals surface area contributed by atoms with Gasteiger partial charge in [-0.2, -0.15) is 0 Å². The minimum absolute atomic E-state index is 0.220. The first-order valence-corrected chi connectivity index (χ1v) is 4.82. The number of hydrogen-bond acceptors (Lipinski definition) is 4. The molecule has 1 heterocycles. The van der Waals surface area contributed by atoms with Gasteiger partial charge in [0.05, 0.1) is 0 Å². The lowest BCUT2D eigenvalue weighted by Crippen LogP contribution is -2.36. The van der Waals surface area contributed by atoms with Crippen LogP contribution in [0.4, 0.5) is 5.82 Å². The summed E-state index contributed by atoms with van der Waals surface area (Å²) in [5.41, 5.74) is 4.67. The van der Waals surface area contributed by atoms with E-state index in [9.17, 15) is 4.79 Å². The predicted molar refractivity (Wildman–Crippen MR) is 58.6 cm³/mol. The number of anilines is 1. The van der Waals surface area contributed by atoms with Crippen molar-refractivity contribution in [2.24, 2.45) is 5.73 Å². The fourth-order valence-electron chi connectivity index (χ4n) is 1.21. The minimum Gasteiger partial charge on any atom is -0.370 e. The van der Waals surface area contributed by atoms with E-state index in [0.29, 0.717) is 11.0 Å². The molecule has 0 aliphatic heterocycles. The number of nitrogens with two attached hydrogens (primary N) is 1. The molecule has 1 amide bonds. The number of nitrogens with zero attached hydrogens (tertiary/aromatic N) is 2. The molecule has 1 aromatic rings. The largest absolute Gasteiger partial charge is 0.370 e. The second-order valence-corrected chi connectivity index (χ2v) is 4.28. The smallest absolute Gasteiger partial charge is 0.219 e. The average molecular weight is 229 g/mol. The molecule has 1 aromatic heterocycles. The lowest BCUT2D eigenvalue weighted by Gasteiger charge is -2.24. The molecule has 0 radical (unpaired) electrons. The van der Waals surface area contributed by atoms with Gasteiger partial charge in [0.15, 0.2) is 5.15 Å². The molecular formula is C9H13ClN4O. The third-order valence-electron chi connectivity index (χ3n) is 1.71. The van der Waals surface area contributed by atoms with Crippen molar-refractivity contribution >= 4 is 23.3 Å². The number of nitrogens with one attached hydrogen (secondary N) is 1. The molecule has 0 spiro atoms. The highest BCUT2D eigenvalue weighted by atomic mass is 35.5. The van der Waals surface area contributed by atoms with Crippen molar-refractivity contribution in [1.29, 1.82) is 0 Å². The summed E-state index contributed by atoms with van der Waals surface area (Å²) >= 11 is 5.59. The maximum atomic E-state index is 10.8. The van der Waals surface area contributed by atoms with Crippen LogP contribution < -0.4 is 11.1 Å². The van der Waals surface area contributed by atoms with Gasteiger partial charge in [0.2, 0.25) is 5.91 Å². The number of primary amides is 1. The van der Waals surface area contributed by atoms with Gasteiger partial charge in [0, 0.05) is 12.0 Å². The number of aromatic nitrogens is 2. The molecular weight excluding hydrogens is 216 g/mol. The van der Waals surface area contributed by atoms with Gasteiger partial charge in [-0.1, -0.05) is 11.6 Å². The summed E-state index contributed by atoms with van der Waals surface area (Å²) in [5.74, 6) is 0.195. The quantitative estimate of drug-likeness (QED) is 0.811. The fraction of sp³-hybridized carbons (Fsp3) is 0.444. The van der Waals surface area contributed by atoms with Gasteiger partial charge in [-0.05, 0) is 26.0 Å². The van der Waals surface area contributed by atoms with E-state index in [-0.39, 0.29) is 12.3 Å². The molecule has 0 aliphatic carbocycles. The summed E-state index contributed by atoms with van der Waals surface area (Å²) in [6, 6.07) is 3.31. The molecule has 0 fully saturated rings. The first-order chi connectivity index (χ1) is 6.89. The zero-order chi connectivity index (χ0) is 11.5. The van der Waals surface area contributed by atoms with Crippen molar-refractivity contribution in [3.63, 3.8) is 0 Å². The Morgan fingerprint density at radius 2 is 2.20 bits per heavy atom. The van der Waals surface area contributed by atoms with Gasteiger partial charge in [-0.3, -0.25) is 4.79 Å². The molecule has 5 nitrogen and oxygen atoms in total. The third-order valence-corrected chi connectivity index (χ3v) is 1.92. The van der Waals surface area contributed by atoms with Crippen LogP contribution in [-0.2, 0) is 4.79 Å². The maximum Gasteiger partial charge on any atom is 0.219 e. The molecule has 15 heavy (non-hydrogen) atoms. The molecule has 0 saturated heterocycles. The van der Waals surface area contributed by atoms with Crippen LogP contribution in [0.1, 0.15) is 20.3 Å². The highest BCUT2D eigenvalue weighted by Crippen LogP contribution is 2.16. The zero-order valence-electron chi connectivity index (χ0n) is 8.62. The molecule has 0 aliphatic rings. The molecule has 0 unspecified atom stereocenters. The number of carbonyl (C=O) groups is 1. The zero-order valence-corrected chi connectivity index (χ0v) is 9.38. The Morgan fingerprint density at radius 3 is 2.67 bits per heavy atom. The SMILES string of the molecule is CC(C)(CC(N)=O)Nc1ccc(Cl)nn1. The van der Waals surface area contributed by atoms with E-state index in [1.54, 1.807) is 12.1 Å². The molecule has 0 aromatic carbocycles. The lowest BCUT2D eigenvalue weighted by atomic mass is 10.0. The monoisotopic (exact) mass is 228 g/mol. The molecule has 6 heteroatoms. The van der Waals surface area contributed by atoms with Crippen molar-refractivity contribution in [2.75, 3.05) is 5.32 Å². The summed E-state index contributed by atoms with van der Waals surface area (Å²) in [5, 5.41) is 10.9. The number of amides is 1. The maximum absolute atomic E-state index is 10.8. The lowest BCUT2D eigenvalue weighted by molar-refractivity contribution is -0.118. The van der Waals surface area contributed by atoms with Crippen LogP contribution >= 0.6 is 11.6 Å². The van der Waals surface area contributed by atoms with Crippen LogP contribution in [0, 0.1) is 0 Å². The van der Waals surface area contributed by atoms with E-state index in [1.807, 2.05) is 13.8 Å². The van der Waals surface area contributed by atoms with E-state index in [0.717, 1.165) is 0 Å². The second-order valence-electron chi connectivity index (χ2n) is 3.89. The van der Waals surface area contributed by atoms with E-state index in [2.05, 4.69) is 15.5 Å². The summed E-state index contributed by atoms with van der Waals surface area (Å²) in [6.45, 7) is 3.71. The Bertz CT molecular complexity index is 350. The second kappa shape index (κ2) is 4.44. The summed E-state index contributed by atoms with van der Waals surface area (Å²) in [6.07, 6.45) is 0.220. The van der Waals surface area contributed by atoms with Crippen LogP contribution in [0.3, 0.4) is 0 Å². The predicted octanol–water partition coefficient (Wildman–Crippen LogP) is 1.20. The van der Waals surface area contributed by atoms with Crippen LogP contribution in [0.2, 0.25) is 5.15 Å². The topological polar surface area (TPSA) is 80.9 Å². The van der Waals surface area contributed by atoms with Crippen molar-refractivity contribution in [1.82, 2.24) is 10.2 Å². The first-order valence-electron chi connectivity index (χ1n) is 4.45. The third kappa shape index (κ3) is 4.12. The van der Waals surface area contributed by atoms with Crippen molar-refractivity contribution in [3.8, 4) is 0 Å². The van der Waals surface area contributed by atoms with Crippen LogP contribution in [0.25, 0.3) is 0 Å². The normalized spacial score (nSPS) is 11.1. The van der Waals surface area contributed by atoms with Crippen LogP contribution in [0.5, 0.6) is 0 Å². The molecule has 0 saturated carbocycles. The Labute approximate surface area is 93.0 Å². The Morgan fingerprint density at radius 1 is 1.53 bits per heavy atom. The van der Waals surface area contributed by atoms with Gasteiger partial charge in [-0.25, -0.2) is 0 Å². The molecule has 0 atom stereocenters. The summed E-state index contributed by atoms with van der Waals surface area (Å²) in [4.78, 5) is 10.8. The highest BCUT2D eigenvalue weighted by Gasteiger charge is 2.20. The standard InChI is InChI=1S/C9H13ClN4O/c1-9(2,5-7(11)15)12-8-4-3-6(10)13-14-8/h3-4H,5H2,1-2H3,(H2,11,15)(H,12,14). The summed E-state index contributed by atoms with van der Waals surface area (Å²) < 4.78 is 0. The van der Waals surface area contributed by atoms with E-state index in [1.165, 1.54) is 0 Å². The van der Waals surface area contributed by atoms with Crippen molar-refractivity contribution < 1.29 is 4.79 Å². The Hall–Kier alpha value is -1.36. The average Bonchev–Trinajstić information content (AvgIpc) is 2.06. The van der Waals surface area contributed by atoms with Gasteiger partial charge in [-0.15, -0.1) is 10.2 Å². The molecule has 3 N–H and O–H groups in total. The van der Waals surface area contributed by atoms with Gasteiger partial charge >= 0.3 is 0 Å². The van der Waals surface area contributed by atoms with Gasteiger partial charge in [0.1, 0.15) is 5.82 Å². The van der Waals surface area contributed by atoms with Gasteiger partial charge in [0.25, 0.3) is 0 Å². The van der Waals surface area contributed by atoms with Crippen LogP contribution in [0.15, 0.2) is 12.1 Å². The Balaban J connectivity index is 2.68. The number of hydrogen-bond donors (Lipinski definition) is 2. The molecule has 1 rings (SSSR count). The van der Waals surface area contributed by atoms with E-state index < -0.39 is 5.54 Å². The van der Waals surface area contributed by atoms with E-state index in [4.69, 9.17) is 17.3 Å². The Kier molecular flexibility index (Phi) is 3.47. The molecule has 82 valence electrons. The van der Waals surface area contributed by atoms with Crippen molar-refractivity contribution in [3.05, 3.63) is 17.3 Å². The number of carbonyl (C=O) groups excluding carboxylic acids is 1. The van der Waals surface area contributed by atoms with Gasteiger partial charge < -0.3 is 11.1 Å². The number of halogens is 1. The minimum atomic E-state index is -0.450. The fourth-order valence-corrected chi connectivity index (χ4v) is 1.31. The first kappa shape index (κ1) is 11.7. The summed E-state index contributed by atoms with van der Waals surface area (Å²) in [7, 11) is 0. The highest BCUT2D eigenvalue weighted by molar-refractivity contribution is 6.29. The number of rotatable bonds is 4. The van der Waals surface area contributed by atoms with Crippen molar-refractivity contribution in [2.45, 2.75) is 25.8 Å².